The van der Waals surface area contributed by atoms with Gasteiger partial charge in [-0.2, -0.15) is 0 Å². The highest BCUT2D eigenvalue weighted by atomic mass is 16.5. The van der Waals surface area contributed by atoms with Crippen molar-refractivity contribution in [3.8, 4) is 5.75 Å². The van der Waals surface area contributed by atoms with Crippen LogP contribution in [-0.2, 0) is 11.2 Å². The molecule has 2 heterocycles. The Labute approximate surface area is 154 Å². The Bertz CT molecular complexity index is 750. The lowest BCUT2D eigenvalue weighted by atomic mass is 9.97. The van der Waals surface area contributed by atoms with Gasteiger partial charge in [0.15, 0.2) is 0 Å². The van der Waals surface area contributed by atoms with E-state index in [4.69, 9.17) is 4.74 Å². The molecule has 1 aromatic carbocycles. The maximum Gasteiger partial charge on any atom is 0.225 e. The lowest BCUT2D eigenvalue weighted by Gasteiger charge is -2.32. The molecule has 0 aliphatic carbocycles. The van der Waals surface area contributed by atoms with Crippen LogP contribution in [0.4, 0.5) is 5.95 Å². The van der Waals surface area contributed by atoms with Crippen molar-refractivity contribution >= 4 is 11.9 Å². The van der Waals surface area contributed by atoms with Gasteiger partial charge in [-0.25, -0.2) is 9.97 Å². The fourth-order valence-electron chi connectivity index (χ4n) is 3.34. The second-order valence-corrected chi connectivity index (χ2v) is 6.64. The molecule has 0 spiro atoms. The molecule has 6 nitrogen and oxygen atoms in total. The second-order valence-electron chi connectivity index (χ2n) is 6.64. The van der Waals surface area contributed by atoms with Gasteiger partial charge in [0.25, 0.3) is 0 Å². The van der Waals surface area contributed by atoms with E-state index in [2.05, 4.69) is 20.2 Å². The smallest absolute Gasteiger partial charge is 0.225 e. The molecule has 0 saturated carbocycles. The lowest BCUT2D eigenvalue weighted by molar-refractivity contribution is -0.125. The number of anilines is 1. The Hall–Kier alpha value is -2.63. The summed E-state index contributed by atoms with van der Waals surface area (Å²) in [4.78, 5) is 23.5. The summed E-state index contributed by atoms with van der Waals surface area (Å²) in [6, 6.07) is 9.79. The number of amides is 1. The number of methoxy groups -OCH3 is 1. The van der Waals surface area contributed by atoms with Crippen molar-refractivity contribution in [3.05, 3.63) is 47.8 Å². The summed E-state index contributed by atoms with van der Waals surface area (Å²) in [6.07, 6.45) is 4.41. The van der Waals surface area contributed by atoms with Crippen LogP contribution in [0.25, 0.3) is 0 Å². The van der Waals surface area contributed by atoms with Gasteiger partial charge in [-0.1, -0.05) is 18.2 Å². The summed E-state index contributed by atoms with van der Waals surface area (Å²) in [7, 11) is 1.67. The topological polar surface area (TPSA) is 67.3 Å². The number of piperidine rings is 1. The first-order chi connectivity index (χ1) is 12.7. The molecule has 6 heteroatoms. The van der Waals surface area contributed by atoms with Crippen LogP contribution in [0, 0.1) is 12.8 Å². The number of para-hydroxylation sites is 1. The van der Waals surface area contributed by atoms with E-state index in [0.29, 0.717) is 13.1 Å². The first-order valence-corrected chi connectivity index (χ1v) is 9.11. The van der Waals surface area contributed by atoms with Gasteiger partial charge >= 0.3 is 0 Å². The van der Waals surface area contributed by atoms with Crippen LogP contribution in [0.3, 0.4) is 0 Å². The Morgan fingerprint density at radius 1 is 1.35 bits per heavy atom. The van der Waals surface area contributed by atoms with E-state index in [1.807, 2.05) is 37.3 Å². The minimum absolute atomic E-state index is 0.0227. The third-order valence-electron chi connectivity index (χ3n) is 4.74. The summed E-state index contributed by atoms with van der Waals surface area (Å²) in [5, 5.41) is 3.07. The van der Waals surface area contributed by atoms with E-state index in [9.17, 15) is 4.79 Å². The average Bonchev–Trinajstić information content (AvgIpc) is 2.68. The third kappa shape index (κ3) is 4.50. The minimum Gasteiger partial charge on any atom is -0.496 e. The van der Waals surface area contributed by atoms with Crippen LogP contribution >= 0.6 is 0 Å². The van der Waals surface area contributed by atoms with Gasteiger partial charge < -0.3 is 15.0 Å². The molecular formula is C20H26N4O2. The molecule has 138 valence electrons. The zero-order valence-corrected chi connectivity index (χ0v) is 15.4. The minimum atomic E-state index is -0.0227. The Morgan fingerprint density at radius 2 is 2.19 bits per heavy atom. The molecule has 1 saturated heterocycles. The zero-order chi connectivity index (χ0) is 18.4. The van der Waals surface area contributed by atoms with E-state index in [0.717, 1.165) is 48.8 Å². The van der Waals surface area contributed by atoms with Crippen LogP contribution in [0.15, 0.2) is 36.5 Å². The number of aromatic nitrogens is 2. The lowest BCUT2D eigenvalue weighted by Crippen LogP contribution is -2.44. The Morgan fingerprint density at radius 3 is 3.00 bits per heavy atom. The molecule has 1 atom stereocenters. The van der Waals surface area contributed by atoms with Crippen LogP contribution in [0.2, 0.25) is 0 Å². The number of aryl methyl sites for hydroxylation is 1. The number of rotatable bonds is 6. The summed E-state index contributed by atoms with van der Waals surface area (Å²) in [5.41, 5.74) is 2.05. The molecule has 0 bridgehead atoms. The SMILES string of the molecule is COc1ccccc1CCNC(=O)C1CCCN(c2nccc(C)n2)C1. The summed E-state index contributed by atoms with van der Waals surface area (Å²) in [6.45, 7) is 4.13. The molecule has 1 aliphatic rings. The molecule has 2 aromatic rings. The van der Waals surface area contributed by atoms with E-state index in [1.54, 1.807) is 13.3 Å². The van der Waals surface area contributed by atoms with Crippen LogP contribution in [0.1, 0.15) is 24.1 Å². The van der Waals surface area contributed by atoms with Crippen molar-refractivity contribution in [3.63, 3.8) is 0 Å². The normalized spacial score (nSPS) is 17.0. The fraction of sp³-hybridized carbons (Fsp3) is 0.450. The number of carbonyl (C=O) groups is 1. The number of nitrogens with zero attached hydrogens (tertiary/aromatic N) is 3. The second kappa shape index (κ2) is 8.65. The third-order valence-corrected chi connectivity index (χ3v) is 4.74. The maximum absolute atomic E-state index is 12.6. The largest absolute Gasteiger partial charge is 0.496 e. The average molecular weight is 354 g/mol. The highest BCUT2D eigenvalue weighted by Crippen LogP contribution is 2.21. The molecule has 1 amide bonds. The predicted molar refractivity (Wildman–Crippen MR) is 101 cm³/mol. The summed E-state index contributed by atoms with van der Waals surface area (Å²) >= 11 is 0. The van der Waals surface area contributed by atoms with E-state index in [-0.39, 0.29) is 11.8 Å². The first kappa shape index (κ1) is 18.2. The summed E-state index contributed by atoms with van der Waals surface area (Å²) < 4.78 is 5.36. The van der Waals surface area contributed by atoms with Crippen molar-refractivity contribution in [2.45, 2.75) is 26.2 Å². The zero-order valence-electron chi connectivity index (χ0n) is 15.4. The molecule has 1 fully saturated rings. The highest BCUT2D eigenvalue weighted by molar-refractivity contribution is 5.79. The van der Waals surface area contributed by atoms with Gasteiger partial charge in [0.2, 0.25) is 11.9 Å². The van der Waals surface area contributed by atoms with Crippen molar-refractivity contribution in [2.75, 3.05) is 31.6 Å². The molecule has 1 N–H and O–H groups in total. The van der Waals surface area contributed by atoms with Gasteiger partial charge in [-0.05, 0) is 43.9 Å². The number of nitrogens with one attached hydrogen (secondary N) is 1. The standard InChI is InChI=1S/C20H26N4O2/c1-15-9-11-22-20(23-15)24-13-5-7-17(14-24)19(25)21-12-10-16-6-3-4-8-18(16)26-2/h3-4,6,8-9,11,17H,5,7,10,12-14H2,1-2H3,(H,21,25). The van der Waals surface area contributed by atoms with Gasteiger partial charge in [-0.3, -0.25) is 4.79 Å². The van der Waals surface area contributed by atoms with Gasteiger partial charge in [-0.15, -0.1) is 0 Å². The van der Waals surface area contributed by atoms with Crippen LogP contribution in [-0.4, -0.2) is 42.6 Å². The van der Waals surface area contributed by atoms with Gasteiger partial charge in [0.05, 0.1) is 13.0 Å². The molecule has 1 aromatic heterocycles. The van der Waals surface area contributed by atoms with E-state index in [1.165, 1.54) is 0 Å². The van der Waals surface area contributed by atoms with Crippen molar-refractivity contribution in [1.29, 1.82) is 0 Å². The summed E-state index contributed by atoms with van der Waals surface area (Å²) in [5.74, 6) is 1.67. The van der Waals surface area contributed by atoms with Gasteiger partial charge in [0.1, 0.15) is 5.75 Å². The molecule has 0 radical (unpaired) electrons. The fourth-order valence-corrected chi connectivity index (χ4v) is 3.34. The molecule has 1 aliphatic heterocycles. The Balaban J connectivity index is 1.53. The molecular weight excluding hydrogens is 328 g/mol. The number of hydrogen-bond donors (Lipinski definition) is 1. The molecule has 3 rings (SSSR count). The van der Waals surface area contributed by atoms with Crippen LogP contribution in [0.5, 0.6) is 5.75 Å². The highest BCUT2D eigenvalue weighted by Gasteiger charge is 2.26. The predicted octanol–water partition coefficient (Wildman–Crippen LogP) is 2.37. The van der Waals surface area contributed by atoms with Gasteiger partial charge in [0, 0.05) is 31.5 Å². The van der Waals surface area contributed by atoms with Crippen molar-refractivity contribution in [2.24, 2.45) is 5.92 Å². The van der Waals surface area contributed by atoms with Crippen LogP contribution < -0.4 is 15.0 Å². The molecule has 26 heavy (non-hydrogen) atoms. The Kier molecular flexibility index (Phi) is 6.04. The van der Waals surface area contributed by atoms with E-state index < -0.39 is 0 Å². The number of ether oxygens (including phenoxy) is 1. The maximum atomic E-state index is 12.6. The number of carbonyl (C=O) groups excluding carboxylic acids is 1. The first-order valence-electron chi connectivity index (χ1n) is 9.11. The monoisotopic (exact) mass is 354 g/mol. The van der Waals surface area contributed by atoms with Crippen molar-refractivity contribution < 1.29 is 9.53 Å². The van der Waals surface area contributed by atoms with E-state index >= 15 is 0 Å². The number of benzene rings is 1. The number of hydrogen-bond acceptors (Lipinski definition) is 5. The quantitative estimate of drug-likeness (QED) is 0.863. The van der Waals surface area contributed by atoms with Crippen molar-refractivity contribution in [1.82, 2.24) is 15.3 Å². The molecule has 1 unspecified atom stereocenters.